The third kappa shape index (κ3) is 4.63. The van der Waals surface area contributed by atoms with Crippen molar-refractivity contribution < 1.29 is 22.3 Å². The van der Waals surface area contributed by atoms with Gasteiger partial charge in [0.05, 0.1) is 26.5 Å². The van der Waals surface area contributed by atoms with Gasteiger partial charge in [-0.05, 0) is 50.2 Å². The Kier molecular flexibility index (Phi) is 6.41. The normalized spacial score (nSPS) is 16.8. The maximum atomic E-state index is 12.9. The fourth-order valence-corrected chi connectivity index (χ4v) is 4.60. The summed E-state index contributed by atoms with van der Waals surface area (Å²) >= 11 is 0. The highest BCUT2D eigenvalue weighted by Crippen LogP contribution is 2.29. The number of furan rings is 1. The Balaban J connectivity index is 1.82. The number of methoxy groups -OCH3 is 2. The van der Waals surface area contributed by atoms with Gasteiger partial charge in [-0.2, -0.15) is 0 Å². The second-order valence-electron chi connectivity index (χ2n) is 6.50. The van der Waals surface area contributed by atoms with Crippen molar-refractivity contribution in [2.24, 2.45) is 0 Å². The van der Waals surface area contributed by atoms with Crippen LogP contribution in [0.3, 0.4) is 0 Å². The zero-order valence-corrected chi connectivity index (χ0v) is 16.5. The maximum Gasteiger partial charge on any atom is 0.244 e. The van der Waals surface area contributed by atoms with E-state index in [1.807, 2.05) is 12.1 Å². The number of sulfonamides is 1. The molecule has 1 aromatic carbocycles. The van der Waals surface area contributed by atoms with E-state index >= 15 is 0 Å². The van der Waals surface area contributed by atoms with Gasteiger partial charge in [-0.15, -0.1) is 0 Å². The Morgan fingerprint density at radius 3 is 2.56 bits per heavy atom. The lowest BCUT2D eigenvalue weighted by molar-refractivity contribution is 0.147. The fourth-order valence-electron chi connectivity index (χ4n) is 3.38. The summed E-state index contributed by atoms with van der Waals surface area (Å²) in [5.74, 6) is 1.49. The molecule has 0 aliphatic carbocycles. The molecule has 0 radical (unpaired) electrons. The molecular weight excluding hydrogens is 368 g/mol. The van der Waals surface area contributed by atoms with Gasteiger partial charge in [0.1, 0.15) is 22.2 Å². The van der Waals surface area contributed by atoms with Crippen LogP contribution in [0.1, 0.15) is 31.1 Å². The standard InChI is InChI=1S/C19H26N2O5S/c1-24-15-8-9-18(25-2)19(13-15)27(22,23)20-14-16(17-7-6-12-26-17)21-10-4-3-5-11-21/h6-9,12-13,16,20H,3-5,10-11,14H2,1-2H3. The highest BCUT2D eigenvalue weighted by atomic mass is 32.2. The molecule has 148 valence electrons. The highest BCUT2D eigenvalue weighted by molar-refractivity contribution is 7.89. The maximum absolute atomic E-state index is 12.9. The second-order valence-corrected chi connectivity index (χ2v) is 8.23. The van der Waals surface area contributed by atoms with Crippen LogP contribution < -0.4 is 14.2 Å². The molecule has 0 amide bonds. The molecule has 2 heterocycles. The van der Waals surface area contributed by atoms with Gasteiger partial charge in [-0.1, -0.05) is 6.42 Å². The van der Waals surface area contributed by atoms with E-state index in [0.29, 0.717) is 5.75 Å². The van der Waals surface area contributed by atoms with Crippen LogP contribution in [0.2, 0.25) is 0 Å². The van der Waals surface area contributed by atoms with Crippen LogP contribution >= 0.6 is 0 Å². The van der Waals surface area contributed by atoms with Crippen LogP contribution in [-0.4, -0.2) is 47.2 Å². The largest absolute Gasteiger partial charge is 0.497 e. The summed E-state index contributed by atoms with van der Waals surface area (Å²) in [5.41, 5.74) is 0. The number of nitrogens with one attached hydrogen (secondary N) is 1. The number of likely N-dealkylation sites (tertiary alicyclic amines) is 1. The fraction of sp³-hybridized carbons (Fsp3) is 0.474. The average molecular weight is 394 g/mol. The number of ether oxygens (including phenoxy) is 2. The molecule has 1 N–H and O–H groups in total. The molecule has 1 fully saturated rings. The minimum atomic E-state index is -3.78. The summed E-state index contributed by atoms with van der Waals surface area (Å²) in [6.07, 6.45) is 5.03. The number of benzene rings is 1. The van der Waals surface area contributed by atoms with Crippen LogP contribution in [0.15, 0.2) is 45.9 Å². The summed E-state index contributed by atoms with van der Waals surface area (Å²) in [7, 11) is -0.844. The van der Waals surface area contributed by atoms with Crippen LogP contribution in [0, 0.1) is 0 Å². The Labute approximate surface area is 160 Å². The molecule has 1 atom stereocenters. The summed E-state index contributed by atoms with van der Waals surface area (Å²) < 4.78 is 44.6. The smallest absolute Gasteiger partial charge is 0.244 e. The second kappa shape index (κ2) is 8.77. The molecule has 2 aromatic rings. The topological polar surface area (TPSA) is 81.0 Å². The van der Waals surface area contributed by atoms with Crippen molar-refractivity contribution in [2.45, 2.75) is 30.2 Å². The Bertz CT molecular complexity index is 830. The van der Waals surface area contributed by atoms with Crippen LogP contribution in [0.5, 0.6) is 11.5 Å². The third-order valence-electron chi connectivity index (χ3n) is 4.83. The number of nitrogens with zero attached hydrogens (tertiary/aromatic N) is 1. The van der Waals surface area contributed by atoms with E-state index in [9.17, 15) is 8.42 Å². The molecule has 1 saturated heterocycles. The van der Waals surface area contributed by atoms with E-state index in [-0.39, 0.29) is 23.2 Å². The Morgan fingerprint density at radius 2 is 1.93 bits per heavy atom. The molecule has 1 unspecified atom stereocenters. The van der Waals surface area contributed by atoms with Crippen molar-refractivity contribution in [1.29, 1.82) is 0 Å². The molecule has 3 rings (SSSR count). The zero-order valence-electron chi connectivity index (χ0n) is 15.7. The van der Waals surface area contributed by atoms with Crippen molar-refractivity contribution in [3.8, 4) is 11.5 Å². The first-order valence-corrected chi connectivity index (χ1v) is 10.5. The van der Waals surface area contributed by atoms with Gasteiger partial charge in [0.15, 0.2) is 0 Å². The number of piperidine rings is 1. The van der Waals surface area contributed by atoms with E-state index in [0.717, 1.165) is 31.7 Å². The van der Waals surface area contributed by atoms with Crippen LogP contribution in [0.4, 0.5) is 0 Å². The quantitative estimate of drug-likeness (QED) is 0.742. The minimum absolute atomic E-state index is 0.0567. The van der Waals surface area contributed by atoms with E-state index in [1.54, 1.807) is 18.4 Å². The third-order valence-corrected chi connectivity index (χ3v) is 6.27. The van der Waals surface area contributed by atoms with Gasteiger partial charge in [-0.3, -0.25) is 4.90 Å². The van der Waals surface area contributed by atoms with Gasteiger partial charge < -0.3 is 13.9 Å². The first kappa shape index (κ1) is 19.7. The van der Waals surface area contributed by atoms with Gasteiger partial charge >= 0.3 is 0 Å². The predicted octanol–water partition coefficient (Wildman–Crippen LogP) is 2.80. The van der Waals surface area contributed by atoms with Crippen LogP contribution in [-0.2, 0) is 10.0 Å². The van der Waals surface area contributed by atoms with E-state index in [1.165, 1.54) is 26.7 Å². The molecule has 27 heavy (non-hydrogen) atoms. The molecular formula is C19H26N2O5S. The SMILES string of the molecule is COc1ccc(OC)c(S(=O)(=O)NCC(c2ccco2)N2CCCCC2)c1. The van der Waals surface area contributed by atoms with Crippen molar-refractivity contribution >= 4 is 10.0 Å². The van der Waals surface area contributed by atoms with Gasteiger partial charge in [-0.25, -0.2) is 13.1 Å². The van der Waals surface area contributed by atoms with Crippen molar-refractivity contribution in [3.63, 3.8) is 0 Å². The predicted molar refractivity (Wildman–Crippen MR) is 102 cm³/mol. The molecule has 8 heteroatoms. The van der Waals surface area contributed by atoms with Crippen molar-refractivity contribution in [2.75, 3.05) is 33.9 Å². The summed E-state index contributed by atoms with van der Waals surface area (Å²) in [6, 6.07) is 8.28. The minimum Gasteiger partial charge on any atom is -0.497 e. The summed E-state index contributed by atoms with van der Waals surface area (Å²) in [4.78, 5) is 2.33. The molecule has 0 spiro atoms. The summed E-state index contributed by atoms with van der Waals surface area (Å²) in [5, 5.41) is 0. The molecule has 7 nitrogen and oxygen atoms in total. The lowest BCUT2D eigenvalue weighted by atomic mass is 10.1. The lowest BCUT2D eigenvalue weighted by Gasteiger charge is -2.33. The molecule has 1 aliphatic heterocycles. The monoisotopic (exact) mass is 394 g/mol. The number of rotatable bonds is 8. The Hall–Kier alpha value is -2.03. The van der Waals surface area contributed by atoms with E-state index in [4.69, 9.17) is 13.9 Å². The van der Waals surface area contributed by atoms with Crippen molar-refractivity contribution in [1.82, 2.24) is 9.62 Å². The average Bonchev–Trinajstić information content (AvgIpc) is 3.23. The molecule has 1 aromatic heterocycles. The van der Waals surface area contributed by atoms with Crippen molar-refractivity contribution in [3.05, 3.63) is 42.4 Å². The van der Waals surface area contributed by atoms with E-state index < -0.39 is 10.0 Å². The van der Waals surface area contributed by atoms with E-state index in [2.05, 4.69) is 9.62 Å². The highest BCUT2D eigenvalue weighted by Gasteiger charge is 2.28. The molecule has 0 bridgehead atoms. The van der Waals surface area contributed by atoms with Gasteiger partial charge in [0.25, 0.3) is 0 Å². The molecule has 0 saturated carbocycles. The molecule has 1 aliphatic rings. The zero-order chi connectivity index (χ0) is 19.3. The first-order chi connectivity index (χ1) is 13.0. The van der Waals surface area contributed by atoms with Crippen LogP contribution in [0.25, 0.3) is 0 Å². The van der Waals surface area contributed by atoms with Gasteiger partial charge in [0, 0.05) is 12.6 Å². The first-order valence-electron chi connectivity index (χ1n) is 9.04. The Morgan fingerprint density at radius 1 is 1.15 bits per heavy atom. The summed E-state index contributed by atoms with van der Waals surface area (Å²) in [6.45, 7) is 2.07. The number of hydrogen-bond acceptors (Lipinski definition) is 6. The van der Waals surface area contributed by atoms with Gasteiger partial charge in [0.2, 0.25) is 10.0 Å². The lowest BCUT2D eigenvalue weighted by Crippen LogP contribution is -2.40. The number of hydrogen-bond donors (Lipinski definition) is 1.